The van der Waals surface area contributed by atoms with Crippen LogP contribution in [0.3, 0.4) is 0 Å². The Kier molecular flexibility index (Phi) is 5.08. The zero-order valence-corrected chi connectivity index (χ0v) is 14.2. The minimum Gasteiger partial charge on any atom is -0.471 e. The van der Waals surface area contributed by atoms with Crippen molar-refractivity contribution < 1.29 is 9.53 Å². The second-order valence-corrected chi connectivity index (χ2v) is 6.50. The number of hydrogen-bond donors (Lipinski definition) is 0. The monoisotopic (exact) mass is 325 g/mol. The fourth-order valence-corrected chi connectivity index (χ4v) is 2.88. The predicted octanol–water partition coefficient (Wildman–Crippen LogP) is 2.82. The van der Waals surface area contributed by atoms with Crippen LogP contribution in [0.25, 0.3) is 0 Å². The average Bonchev–Trinajstić information content (AvgIpc) is 3.05. The summed E-state index contributed by atoms with van der Waals surface area (Å²) in [5.74, 6) is 1.17. The van der Waals surface area contributed by atoms with E-state index in [1.165, 1.54) is 5.56 Å². The molecule has 2 heterocycles. The minimum atomic E-state index is -0.00559. The standard InChI is InChI=1S/C19H23N3O2/c1-14(2)16-7-5-15(6-8-16)12-19(23)22-11-9-17(13-22)24-18-4-3-10-20-21-18/h3-8,10,14,17H,9,11-13H2,1-2H3. The molecule has 1 aromatic heterocycles. The molecule has 1 amide bonds. The second kappa shape index (κ2) is 7.43. The first-order valence-electron chi connectivity index (χ1n) is 8.43. The molecule has 24 heavy (non-hydrogen) atoms. The van der Waals surface area contributed by atoms with Crippen LogP contribution >= 0.6 is 0 Å². The number of nitrogens with zero attached hydrogens (tertiary/aromatic N) is 3. The lowest BCUT2D eigenvalue weighted by Gasteiger charge is -2.17. The normalized spacial score (nSPS) is 17.3. The molecule has 5 heteroatoms. The highest BCUT2D eigenvalue weighted by Crippen LogP contribution is 2.18. The van der Waals surface area contributed by atoms with Crippen molar-refractivity contribution in [2.45, 2.75) is 38.7 Å². The van der Waals surface area contributed by atoms with Gasteiger partial charge < -0.3 is 9.64 Å². The summed E-state index contributed by atoms with van der Waals surface area (Å²) in [6.07, 6.45) is 2.88. The third-order valence-electron chi connectivity index (χ3n) is 4.33. The molecule has 0 radical (unpaired) electrons. The molecular weight excluding hydrogens is 302 g/mol. The fraction of sp³-hybridized carbons (Fsp3) is 0.421. The summed E-state index contributed by atoms with van der Waals surface area (Å²) in [4.78, 5) is 14.3. The van der Waals surface area contributed by atoms with Crippen molar-refractivity contribution in [3.05, 3.63) is 53.7 Å². The van der Waals surface area contributed by atoms with Crippen molar-refractivity contribution in [1.82, 2.24) is 15.1 Å². The molecule has 0 aliphatic carbocycles. The van der Waals surface area contributed by atoms with Crippen LogP contribution in [0.1, 0.15) is 37.3 Å². The molecule has 1 atom stereocenters. The molecule has 1 aromatic carbocycles. The first-order chi connectivity index (χ1) is 11.6. The number of carbonyl (C=O) groups is 1. The third kappa shape index (κ3) is 4.10. The molecule has 1 aliphatic heterocycles. The molecule has 1 aliphatic rings. The van der Waals surface area contributed by atoms with E-state index in [2.05, 4.69) is 48.3 Å². The summed E-state index contributed by atoms with van der Waals surface area (Å²) in [6, 6.07) is 11.9. The predicted molar refractivity (Wildman–Crippen MR) is 91.9 cm³/mol. The number of carbonyl (C=O) groups excluding carboxylic acids is 1. The van der Waals surface area contributed by atoms with Crippen molar-refractivity contribution in [3.63, 3.8) is 0 Å². The fourth-order valence-electron chi connectivity index (χ4n) is 2.88. The Morgan fingerprint density at radius 2 is 2.08 bits per heavy atom. The summed E-state index contributed by atoms with van der Waals surface area (Å²) in [6.45, 7) is 5.68. The Labute approximate surface area is 142 Å². The van der Waals surface area contributed by atoms with Gasteiger partial charge >= 0.3 is 0 Å². The Bertz CT molecular complexity index is 671. The van der Waals surface area contributed by atoms with Gasteiger partial charge in [0.05, 0.1) is 13.0 Å². The number of hydrogen-bond acceptors (Lipinski definition) is 4. The highest BCUT2D eigenvalue weighted by molar-refractivity contribution is 5.79. The van der Waals surface area contributed by atoms with E-state index >= 15 is 0 Å². The van der Waals surface area contributed by atoms with E-state index in [-0.39, 0.29) is 12.0 Å². The Balaban J connectivity index is 1.52. The minimum absolute atomic E-state index is 0.00559. The molecular formula is C19H23N3O2. The van der Waals surface area contributed by atoms with E-state index < -0.39 is 0 Å². The summed E-state index contributed by atoms with van der Waals surface area (Å²) < 4.78 is 5.78. The molecule has 126 valence electrons. The average molecular weight is 325 g/mol. The van der Waals surface area contributed by atoms with Crippen LogP contribution in [0.15, 0.2) is 42.6 Å². The molecule has 0 N–H and O–H groups in total. The van der Waals surface area contributed by atoms with Gasteiger partial charge in [-0.15, -0.1) is 5.10 Å². The summed E-state index contributed by atoms with van der Waals surface area (Å²) in [7, 11) is 0. The van der Waals surface area contributed by atoms with Crippen LogP contribution in [0.4, 0.5) is 0 Å². The van der Waals surface area contributed by atoms with Gasteiger partial charge in [0.1, 0.15) is 6.10 Å². The van der Waals surface area contributed by atoms with E-state index in [9.17, 15) is 4.79 Å². The van der Waals surface area contributed by atoms with Gasteiger partial charge in [0, 0.05) is 25.2 Å². The molecule has 1 saturated heterocycles. The molecule has 5 nitrogen and oxygen atoms in total. The lowest BCUT2D eigenvalue weighted by Crippen LogP contribution is -2.32. The van der Waals surface area contributed by atoms with Crippen LogP contribution in [0, 0.1) is 0 Å². The second-order valence-electron chi connectivity index (χ2n) is 6.50. The smallest absolute Gasteiger partial charge is 0.233 e. The molecule has 0 spiro atoms. The van der Waals surface area contributed by atoms with Gasteiger partial charge in [-0.2, -0.15) is 5.10 Å². The Morgan fingerprint density at radius 3 is 2.75 bits per heavy atom. The molecule has 0 saturated carbocycles. The van der Waals surface area contributed by atoms with Gasteiger partial charge in [-0.05, 0) is 23.1 Å². The van der Waals surface area contributed by atoms with Crippen LogP contribution in [0.2, 0.25) is 0 Å². The zero-order valence-electron chi connectivity index (χ0n) is 14.2. The number of rotatable bonds is 5. The topological polar surface area (TPSA) is 55.3 Å². The van der Waals surface area contributed by atoms with E-state index in [1.54, 1.807) is 18.3 Å². The third-order valence-corrected chi connectivity index (χ3v) is 4.33. The van der Waals surface area contributed by atoms with Crippen molar-refractivity contribution in [2.75, 3.05) is 13.1 Å². The van der Waals surface area contributed by atoms with Crippen LogP contribution in [0.5, 0.6) is 5.88 Å². The number of benzene rings is 1. The van der Waals surface area contributed by atoms with Crippen LogP contribution < -0.4 is 4.74 Å². The van der Waals surface area contributed by atoms with Crippen LogP contribution in [-0.2, 0) is 11.2 Å². The van der Waals surface area contributed by atoms with E-state index in [4.69, 9.17) is 4.74 Å². The highest BCUT2D eigenvalue weighted by Gasteiger charge is 2.27. The molecule has 1 fully saturated rings. The number of amides is 1. The first-order valence-corrected chi connectivity index (χ1v) is 8.43. The van der Waals surface area contributed by atoms with Crippen molar-refractivity contribution in [2.24, 2.45) is 0 Å². The molecule has 0 bridgehead atoms. The maximum atomic E-state index is 12.5. The van der Waals surface area contributed by atoms with Gasteiger partial charge in [-0.1, -0.05) is 38.1 Å². The summed E-state index contributed by atoms with van der Waals surface area (Å²) in [5.41, 5.74) is 2.35. The van der Waals surface area contributed by atoms with Crippen molar-refractivity contribution >= 4 is 5.91 Å². The van der Waals surface area contributed by atoms with Gasteiger partial charge in [0.15, 0.2) is 0 Å². The number of likely N-dealkylation sites (tertiary alicyclic amines) is 1. The van der Waals surface area contributed by atoms with E-state index in [0.717, 1.165) is 18.5 Å². The molecule has 2 aromatic rings. The lowest BCUT2D eigenvalue weighted by atomic mass is 10.0. The maximum Gasteiger partial charge on any atom is 0.233 e. The van der Waals surface area contributed by atoms with Gasteiger partial charge in [-0.25, -0.2) is 0 Å². The van der Waals surface area contributed by atoms with Crippen molar-refractivity contribution in [1.29, 1.82) is 0 Å². The lowest BCUT2D eigenvalue weighted by molar-refractivity contribution is -0.129. The van der Waals surface area contributed by atoms with Gasteiger partial charge in [-0.3, -0.25) is 4.79 Å². The largest absolute Gasteiger partial charge is 0.471 e. The van der Waals surface area contributed by atoms with Gasteiger partial charge in [0.25, 0.3) is 0 Å². The SMILES string of the molecule is CC(C)c1ccc(CC(=O)N2CCC(Oc3cccnn3)C2)cc1. The maximum absolute atomic E-state index is 12.5. The number of ether oxygens (including phenoxy) is 1. The van der Waals surface area contributed by atoms with Crippen molar-refractivity contribution in [3.8, 4) is 5.88 Å². The summed E-state index contributed by atoms with van der Waals surface area (Å²) in [5, 5.41) is 7.73. The summed E-state index contributed by atoms with van der Waals surface area (Å²) >= 11 is 0. The van der Waals surface area contributed by atoms with E-state index in [0.29, 0.717) is 24.8 Å². The molecule has 3 rings (SSSR count). The Morgan fingerprint density at radius 1 is 1.29 bits per heavy atom. The number of aromatic nitrogens is 2. The van der Waals surface area contributed by atoms with Crippen LogP contribution in [-0.4, -0.2) is 40.2 Å². The zero-order chi connectivity index (χ0) is 16.9. The molecule has 1 unspecified atom stereocenters. The highest BCUT2D eigenvalue weighted by atomic mass is 16.5. The van der Waals surface area contributed by atoms with E-state index in [1.807, 2.05) is 4.90 Å². The first kappa shape index (κ1) is 16.4. The van der Waals surface area contributed by atoms with Gasteiger partial charge in [0.2, 0.25) is 11.8 Å². The quantitative estimate of drug-likeness (QED) is 0.848. The Hall–Kier alpha value is -2.43.